The fourth-order valence-electron chi connectivity index (χ4n) is 7.08. The van der Waals surface area contributed by atoms with Crippen LogP contribution in [0.15, 0.2) is 55.6 Å². The number of amides is 3. The van der Waals surface area contributed by atoms with E-state index < -0.39 is 35.6 Å². The van der Waals surface area contributed by atoms with Crippen molar-refractivity contribution in [3.63, 3.8) is 0 Å². The average molecular weight is 538 g/mol. The lowest BCUT2D eigenvalue weighted by Gasteiger charge is -2.41. The van der Waals surface area contributed by atoms with Crippen LogP contribution in [0, 0.1) is 11.8 Å². The zero-order valence-corrected chi connectivity index (χ0v) is 23.5. The van der Waals surface area contributed by atoms with Gasteiger partial charge < -0.3 is 24.5 Å². The number of benzene rings is 1. The molecule has 0 saturated carbocycles. The largest absolute Gasteiger partial charge is 0.394 e. The molecule has 1 aromatic rings. The van der Waals surface area contributed by atoms with Crippen molar-refractivity contribution in [2.24, 2.45) is 11.8 Å². The van der Waals surface area contributed by atoms with Crippen molar-refractivity contribution in [3.8, 4) is 0 Å². The number of ether oxygens (including phenoxy) is 1. The van der Waals surface area contributed by atoms with Gasteiger partial charge in [-0.15, -0.1) is 13.2 Å². The summed E-state index contributed by atoms with van der Waals surface area (Å²) >= 11 is 0. The quantitative estimate of drug-likeness (QED) is 0.391. The van der Waals surface area contributed by atoms with E-state index in [1.165, 1.54) is 0 Å². The van der Waals surface area contributed by atoms with Gasteiger partial charge in [0, 0.05) is 26.2 Å². The number of rotatable bonds is 13. The predicted molar refractivity (Wildman–Crippen MR) is 150 cm³/mol. The summed E-state index contributed by atoms with van der Waals surface area (Å²) in [6.07, 6.45) is 6.16. The third-order valence-corrected chi connectivity index (χ3v) is 8.80. The average Bonchev–Trinajstić information content (AvgIpc) is 3.58. The van der Waals surface area contributed by atoms with Gasteiger partial charge in [-0.1, -0.05) is 55.8 Å². The minimum atomic E-state index is -1.11. The lowest BCUT2D eigenvalue weighted by Crippen LogP contribution is -2.60. The highest BCUT2D eigenvalue weighted by Gasteiger charge is 2.75. The van der Waals surface area contributed by atoms with Crippen molar-refractivity contribution in [1.29, 1.82) is 0 Å². The summed E-state index contributed by atoms with van der Waals surface area (Å²) in [7, 11) is 1.70. The van der Waals surface area contributed by atoms with Crippen molar-refractivity contribution in [2.45, 2.75) is 75.8 Å². The summed E-state index contributed by atoms with van der Waals surface area (Å²) < 4.78 is 6.60. The number of likely N-dealkylation sites (N-methyl/N-ethyl adjacent to an activating group) is 1. The highest BCUT2D eigenvalue weighted by atomic mass is 16.5. The molecule has 3 amide bonds. The molecule has 3 aliphatic heterocycles. The van der Waals surface area contributed by atoms with Crippen LogP contribution in [0.4, 0.5) is 0 Å². The first kappa shape index (κ1) is 29.0. The Kier molecular flexibility index (Phi) is 8.96. The fourth-order valence-corrected chi connectivity index (χ4v) is 7.08. The maximum atomic E-state index is 14.5. The zero-order chi connectivity index (χ0) is 28.3. The second-order valence-corrected chi connectivity index (χ2v) is 11.3. The number of carbonyl (C=O) groups is 3. The molecule has 8 heteroatoms. The third-order valence-electron chi connectivity index (χ3n) is 8.80. The van der Waals surface area contributed by atoms with Crippen LogP contribution in [0.5, 0.6) is 0 Å². The standard InChI is InChI=1S/C31H43N3O5/c1-6-12-21(4)33(18-8-3)30(38)27-31-16-15-24(39-31)25(28(36)32(5)17-7-2)26(31)29(37)34(27)23(20-35)19-22-13-10-9-11-14-22/h7-11,13-14,21,23-27,35H,2-3,6,12,15-20H2,1,4-5H3/t21?,23-,24+,25-,26+,27?,31?/m1/s1. The summed E-state index contributed by atoms with van der Waals surface area (Å²) in [4.78, 5) is 47.5. The molecular weight excluding hydrogens is 494 g/mol. The molecule has 3 unspecified atom stereocenters. The summed E-state index contributed by atoms with van der Waals surface area (Å²) in [6.45, 7) is 12.1. The van der Waals surface area contributed by atoms with Gasteiger partial charge in [0.25, 0.3) is 0 Å². The van der Waals surface area contributed by atoms with Crippen molar-refractivity contribution >= 4 is 17.7 Å². The van der Waals surface area contributed by atoms with Gasteiger partial charge in [0.05, 0.1) is 30.6 Å². The Labute approximate surface area is 232 Å². The van der Waals surface area contributed by atoms with Crippen LogP contribution in [0.1, 0.15) is 45.1 Å². The van der Waals surface area contributed by atoms with E-state index in [4.69, 9.17) is 4.74 Å². The van der Waals surface area contributed by atoms with Crippen molar-refractivity contribution in [2.75, 3.05) is 26.7 Å². The highest BCUT2D eigenvalue weighted by Crippen LogP contribution is 2.59. The minimum absolute atomic E-state index is 0.0654. The Morgan fingerprint density at radius 2 is 1.90 bits per heavy atom. The molecule has 212 valence electrons. The molecule has 1 aromatic carbocycles. The molecule has 3 fully saturated rings. The first-order chi connectivity index (χ1) is 18.7. The molecule has 0 radical (unpaired) electrons. The van der Waals surface area contributed by atoms with Gasteiger partial charge in [0.1, 0.15) is 11.6 Å². The smallest absolute Gasteiger partial charge is 0.248 e. The van der Waals surface area contributed by atoms with Crippen LogP contribution < -0.4 is 0 Å². The molecule has 4 rings (SSSR count). The number of aliphatic hydroxyl groups is 1. The number of nitrogens with zero attached hydrogens (tertiary/aromatic N) is 3. The summed E-state index contributed by atoms with van der Waals surface area (Å²) in [5.74, 6) is -2.10. The van der Waals surface area contributed by atoms with Gasteiger partial charge >= 0.3 is 0 Å². The van der Waals surface area contributed by atoms with Crippen LogP contribution in [0.25, 0.3) is 0 Å². The number of carbonyl (C=O) groups excluding carboxylic acids is 3. The van der Waals surface area contributed by atoms with Gasteiger partial charge in [-0.2, -0.15) is 0 Å². The first-order valence-electron chi connectivity index (χ1n) is 14.2. The van der Waals surface area contributed by atoms with Gasteiger partial charge in [-0.05, 0) is 38.2 Å². The summed E-state index contributed by atoms with van der Waals surface area (Å²) in [5, 5.41) is 10.6. The molecule has 39 heavy (non-hydrogen) atoms. The molecule has 7 atom stereocenters. The Hall–Kier alpha value is -2.97. The minimum Gasteiger partial charge on any atom is -0.394 e. The summed E-state index contributed by atoms with van der Waals surface area (Å²) in [5.41, 5.74) is -0.153. The topological polar surface area (TPSA) is 90.4 Å². The molecule has 3 heterocycles. The van der Waals surface area contributed by atoms with E-state index in [1.807, 2.05) is 37.3 Å². The van der Waals surface area contributed by atoms with Crippen molar-refractivity contribution in [3.05, 3.63) is 61.2 Å². The second-order valence-electron chi connectivity index (χ2n) is 11.3. The first-order valence-corrected chi connectivity index (χ1v) is 14.2. The van der Waals surface area contributed by atoms with Crippen LogP contribution in [0.3, 0.4) is 0 Å². The molecule has 3 aliphatic rings. The monoisotopic (exact) mass is 537 g/mol. The van der Waals surface area contributed by atoms with E-state index in [-0.39, 0.29) is 30.4 Å². The van der Waals surface area contributed by atoms with E-state index in [1.54, 1.807) is 33.9 Å². The third kappa shape index (κ3) is 5.05. The number of hydrogen-bond acceptors (Lipinski definition) is 5. The van der Waals surface area contributed by atoms with Gasteiger partial charge in [0.15, 0.2) is 0 Å². The van der Waals surface area contributed by atoms with E-state index >= 15 is 0 Å². The summed E-state index contributed by atoms with van der Waals surface area (Å²) in [6, 6.07) is 8.02. The molecule has 1 N–H and O–H groups in total. The zero-order valence-electron chi connectivity index (χ0n) is 23.5. The molecule has 0 aromatic heterocycles. The lowest BCUT2D eigenvalue weighted by atomic mass is 9.70. The van der Waals surface area contributed by atoms with Gasteiger partial charge in [0.2, 0.25) is 17.7 Å². The Morgan fingerprint density at radius 1 is 1.21 bits per heavy atom. The molecule has 1 spiro atoms. The second kappa shape index (κ2) is 12.0. The normalized spacial score (nSPS) is 28.6. The predicted octanol–water partition coefficient (Wildman–Crippen LogP) is 2.81. The molecule has 3 saturated heterocycles. The Bertz CT molecular complexity index is 1080. The number of aliphatic hydroxyl groups excluding tert-OH is 1. The molecule has 0 aliphatic carbocycles. The van der Waals surface area contributed by atoms with Gasteiger partial charge in [-0.3, -0.25) is 14.4 Å². The molecule has 2 bridgehead atoms. The van der Waals surface area contributed by atoms with E-state index in [0.29, 0.717) is 32.4 Å². The Morgan fingerprint density at radius 3 is 2.51 bits per heavy atom. The Balaban J connectivity index is 1.79. The maximum Gasteiger partial charge on any atom is 0.248 e. The van der Waals surface area contributed by atoms with E-state index in [0.717, 1.165) is 18.4 Å². The fraction of sp³-hybridized carbons (Fsp3) is 0.581. The maximum absolute atomic E-state index is 14.5. The molecule has 8 nitrogen and oxygen atoms in total. The number of hydrogen-bond donors (Lipinski definition) is 1. The van der Waals surface area contributed by atoms with Crippen LogP contribution >= 0.6 is 0 Å². The SMILES string of the molecule is C=CCN(C)C(=O)[C@@H]1[C@@H]2CCC3(O2)C(C(=O)N(CC=C)C(C)CCC)N([C@@H](CO)Cc2ccccc2)C(=O)[C@H]13. The van der Waals surface area contributed by atoms with Crippen molar-refractivity contribution < 1.29 is 24.2 Å². The van der Waals surface area contributed by atoms with Crippen LogP contribution in [-0.4, -0.2) is 94.1 Å². The lowest BCUT2D eigenvalue weighted by molar-refractivity contribution is -0.153. The van der Waals surface area contributed by atoms with Crippen LogP contribution in [0.2, 0.25) is 0 Å². The van der Waals surface area contributed by atoms with E-state index in [9.17, 15) is 19.5 Å². The number of likely N-dealkylation sites (tertiary alicyclic amines) is 1. The van der Waals surface area contributed by atoms with Crippen molar-refractivity contribution in [1.82, 2.24) is 14.7 Å². The van der Waals surface area contributed by atoms with Crippen LogP contribution in [-0.2, 0) is 25.5 Å². The molecular formula is C31H43N3O5. The number of fused-ring (bicyclic) bond motifs is 1. The van der Waals surface area contributed by atoms with E-state index in [2.05, 4.69) is 20.1 Å². The van der Waals surface area contributed by atoms with Gasteiger partial charge in [-0.25, -0.2) is 0 Å². The highest BCUT2D eigenvalue weighted by molar-refractivity contribution is 5.99.